The van der Waals surface area contributed by atoms with Crippen LogP contribution in [0, 0.1) is 0 Å². The van der Waals surface area contributed by atoms with E-state index in [2.05, 4.69) is 15.9 Å². The first kappa shape index (κ1) is 15.3. The molecule has 21 heavy (non-hydrogen) atoms. The molecule has 3 nitrogen and oxygen atoms in total. The maximum absolute atomic E-state index is 13.0. The van der Waals surface area contributed by atoms with Gasteiger partial charge >= 0.3 is 0 Å². The molecule has 112 valence electrons. The van der Waals surface area contributed by atoms with Gasteiger partial charge in [0, 0.05) is 6.04 Å². The first-order valence-electron chi connectivity index (χ1n) is 6.48. The predicted octanol–water partition coefficient (Wildman–Crippen LogP) is 4.69. The zero-order valence-corrected chi connectivity index (χ0v) is 15.2. The molecular formula is C14H13BrClNO2S2. The highest BCUT2D eigenvalue weighted by Crippen LogP contribution is 2.40. The molecule has 2 aromatic rings. The number of hydrogen-bond acceptors (Lipinski definition) is 3. The van der Waals surface area contributed by atoms with Crippen molar-refractivity contribution < 1.29 is 8.42 Å². The van der Waals surface area contributed by atoms with Gasteiger partial charge in [0.15, 0.2) is 0 Å². The van der Waals surface area contributed by atoms with Crippen molar-refractivity contribution in [2.45, 2.75) is 30.0 Å². The van der Waals surface area contributed by atoms with Crippen molar-refractivity contribution in [1.82, 2.24) is 0 Å². The Hall–Kier alpha value is -0.560. The summed E-state index contributed by atoms with van der Waals surface area (Å²) in [5.41, 5.74) is 1.85. The third kappa shape index (κ3) is 2.63. The molecule has 0 radical (unpaired) electrons. The predicted molar refractivity (Wildman–Crippen MR) is 90.9 cm³/mol. The number of rotatable bonds is 2. The lowest BCUT2D eigenvalue weighted by Crippen LogP contribution is -2.41. The van der Waals surface area contributed by atoms with Crippen molar-refractivity contribution in [1.29, 1.82) is 0 Å². The van der Waals surface area contributed by atoms with Gasteiger partial charge < -0.3 is 0 Å². The van der Waals surface area contributed by atoms with Crippen molar-refractivity contribution in [2.24, 2.45) is 0 Å². The molecule has 1 atom stereocenters. The number of hydrogen-bond donors (Lipinski definition) is 0. The van der Waals surface area contributed by atoms with Gasteiger partial charge in [0.05, 0.1) is 14.5 Å². The second-order valence-electron chi connectivity index (χ2n) is 5.00. The molecule has 0 aliphatic carbocycles. The first-order valence-corrected chi connectivity index (χ1v) is 9.91. The average Bonchev–Trinajstić information content (AvgIpc) is 2.79. The number of anilines is 1. The van der Waals surface area contributed by atoms with Crippen LogP contribution >= 0.6 is 38.9 Å². The molecule has 0 fully saturated rings. The molecule has 1 aliphatic heterocycles. The summed E-state index contributed by atoms with van der Waals surface area (Å²) in [6.45, 7) is 1.94. The molecule has 1 unspecified atom stereocenters. The second kappa shape index (κ2) is 5.57. The van der Waals surface area contributed by atoms with Crippen molar-refractivity contribution >= 4 is 54.6 Å². The van der Waals surface area contributed by atoms with E-state index in [1.807, 2.05) is 31.2 Å². The van der Waals surface area contributed by atoms with Crippen LogP contribution < -0.4 is 4.31 Å². The minimum absolute atomic E-state index is 0.0652. The summed E-state index contributed by atoms with van der Waals surface area (Å²) in [6, 6.07) is 9.11. The van der Waals surface area contributed by atoms with Crippen LogP contribution in [0.25, 0.3) is 0 Å². The maximum atomic E-state index is 13.0. The molecule has 0 N–H and O–H groups in total. The van der Waals surface area contributed by atoms with E-state index >= 15 is 0 Å². The van der Waals surface area contributed by atoms with Gasteiger partial charge in [0.25, 0.3) is 10.0 Å². The van der Waals surface area contributed by atoms with Gasteiger partial charge in [-0.25, -0.2) is 8.42 Å². The van der Waals surface area contributed by atoms with Crippen molar-refractivity contribution in [3.63, 3.8) is 0 Å². The summed E-state index contributed by atoms with van der Waals surface area (Å²) in [7, 11) is -3.59. The Morgan fingerprint density at radius 1 is 1.38 bits per heavy atom. The summed E-state index contributed by atoms with van der Waals surface area (Å²) < 4.78 is 28.4. The SMILES string of the molecule is CC1CCc2ccccc2N1S(=O)(=O)c1cc(Cl)c(Br)s1. The van der Waals surface area contributed by atoms with Gasteiger partial charge in [0.1, 0.15) is 4.21 Å². The highest BCUT2D eigenvalue weighted by molar-refractivity contribution is 9.11. The number of halogens is 2. The number of para-hydroxylation sites is 1. The highest BCUT2D eigenvalue weighted by atomic mass is 79.9. The van der Waals surface area contributed by atoms with Crippen LogP contribution in [-0.4, -0.2) is 14.5 Å². The van der Waals surface area contributed by atoms with Crippen LogP contribution in [-0.2, 0) is 16.4 Å². The van der Waals surface area contributed by atoms with Gasteiger partial charge in [-0.1, -0.05) is 29.8 Å². The van der Waals surface area contributed by atoms with E-state index in [0.29, 0.717) is 8.81 Å². The van der Waals surface area contributed by atoms with Crippen LogP contribution in [0.4, 0.5) is 5.69 Å². The molecule has 0 bridgehead atoms. The number of sulfonamides is 1. The molecule has 1 aromatic heterocycles. The third-order valence-corrected chi connectivity index (χ3v) is 8.45. The molecule has 0 amide bonds. The van der Waals surface area contributed by atoms with Gasteiger partial charge in [-0.15, -0.1) is 11.3 Å². The number of thiophene rings is 1. The quantitative estimate of drug-likeness (QED) is 0.725. The summed E-state index contributed by atoms with van der Waals surface area (Å²) in [5, 5.41) is 0.427. The largest absolute Gasteiger partial charge is 0.274 e. The van der Waals surface area contributed by atoms with Crippen molar-refractivity contribution in [3.05, 3.63) is 44.7 Å². The molecule has 0 spiro atoms. The van der Waals surface area contributed by atoms with Crippen LogP contribution in [0.15, 0.2) is 38.3 Å². The highest BCUT2D eigenvalue weighted by Gasteiger charge is 2.34. The Morgan fingerprint density at radius 3 is 2.76 bits per heavy atom. The fourth-order valence-corrected chi connectivity index (χ4v) is 6.79. The monoisotopic (exact) mass is 405 g/mol. The lowest BCUT2D eigenvalue weighted by atomic mass is 9.99. The lowest BCUT2D eigenvalue weighted by molar-refractivity contribution is 0.565. The van der Waals surface area contributed by atoms with E-state index in [-0.39, 0.29) is 10.3 Å². The average molecular weight is 407 g/mol. The van der Waals surface area contributed by atoms with E-state index in [4.69, 9.17) is 11.6 Å². The standard InChI is InChI=1S/C14H13BrClNO2S2/c1-9-6-7-10-4-2-3-5-12(10)17(9)21(18,19)13-8-11(16)14(15)20-13/h2-5,8-9H,6-7H2,1H3. The topological polar surface area (TPSA) is 37.4 Å². The van der Waals surface area contributed by atoms with Gasteiger partial charge in [-0.2, -0.15) is 0 Å². The summed E-state index contributed by atoms with van der Waals surface area (Å²) in [5.74, 6) is 0. The van der Waals surface area contributed by atoms with E-state index in [9.17, 15) is 8.42 Å². The molecule has 3 rings (SSSR count). The molecule has 1 aromatic carbocycles. The smallest absolute Gasteiger partial charge is 0.263 e. The Labute approximate surface area is 141 Å². The number of nitrogens with zero attached hydrogens (tertiary/aromatic N) is 1. The minimum atomic E-state index is -3.59. The maximum Gasteiger partial charge on any atom is 0.274 e. The van der Waals surface area contributed by atoms with Gasteiger partial charge in [0.2, 0.25) is 0 Å². The normalized spacial score (nSPS) is 18.6. The molecule has 1 aliphatic rings. The Bertz CT molecular complexity index is 769. The summed E-state index contributed by atoms with van der Waals surface area (Å²) in [6.07, 6.45) is 1.72. The second-order valence-corrected chi connectivity index (χ2v) is 9.82. The van der Waals surface area contributed by atoms with E-state index < -0.39 is 10.0 Å². The van der Waals surface area contributed by atoms with E-state index in [1.54, 1.807) is 0 Å². The molecular weight excluding hydrogens is 394 g/mol. The molecule has 0 saturated heterocycles. The first-order chi connectivity index (χ1) is 9.91. The van der Waals surface area contributed by atoms with Gasteiger partial charge in [-0.05, 0) is 53.4 Å². The Balaban J connectivity index is 2.14. The molecule has 7 heteroatoms. The number of benzene rings is 1. The Kier molecular flexibility index (Phi) is 4.07. The van der Waals surface area contributed by atoms with Gasteiger partial charge in [-0.3, -0.25) is 4.31 Å². The summed E-state index contributed by atoms with van der Waals surface area (Å²) >= 11 is 10.4. The van der Waals surface area contributed by atoms with E-state index in [1.165, 1.54) is 10.4 Å². The molecule has 0 saturated carbocycles. The van der Waals surface area contributed by atoms with E-state index in [0.717, 1.165) is 35.4 Å². The van der Waals surface area contributed by atoms with Crippen molar-refractivity contribution in [3.8, 4) is 0 Å². The third-order valence-electron chi connectivity index (χ3n) is 3.60. The zero-order chi connectivity index (χ0) is 15.2. The fourth-order valence-electron chi connectivity index (χ4n) is 2.57. The number of aryl methyl sites for hydroxylation is 1. The number of fused-ring (bicyclic) bond motifs is 1. The zero-order valence-electron chi connectivity index (χ0n) is 11.2. The van der Waals surface area contributed by atoms with Crippen LogP contribution in [0.1, 0.15) is 18.9 Å². The summed E-state index contributed by atoms with van der Waals surface area (Å²) in [4.78, 5) is 0. The van der Waals surface area contributed by atoms with Crippen LogP contribution in [0.3, 0.4) is 0 Å². The lowest BCUT2D eigenvalue weighted by Gasteiger charge is -2.35. The van der Waals surface area contributed by atoms with Crippen molar-refractivity contribution in [2.75, 3.05) is 4.31 Å². The fraction of sp³-hybridized carbons (Fsp3) is 0.286. The Morgan fingerprint density at radius 2 is 2.10 bits per heavy atom. The van der Waals surface area contributed by atoms with Crippen LogP contribution in [0.2, 0.25) is 5.02 Å². The van der Waals surface area contributed by atoms with Crippen LogP contribution in [0.5, 0.6) is 0 Å². The molecule has 2 heterocycles. The minimum Gasteiger partial charge on any atom is -0.263 e.